The number of rotatable bonds is 2. The molecule has 0 spiro atoms. The SMILES string of the molecule is CC1(C)C(=O)NC(=O)N1c1cccc([N+](=O)[O-])c1. The van der Waals surface area contributed by atoms with Gasteiger partial charge in [0.15, 0.2) is 0 Å². The third-order valence-corrected chi connectivity index (χ3v) is 2.84. The molecule has 0 aliphatic carbocycles. The Morgan fingerprint density at radius 2 is 2.00 bits per heavy atom. The number of anilines is 1. The van der Waals surface area contributed by atoms with Gasteiger partial charge in [0.2, 0.25) is 0 Å². The summed E-state index contributed by atoms with van der Waals surface area (Å²) in [5.74, 6) is -0.431. The van der Waals surface area contributed by atoms with Gasteiger partial charge in [0, 0.05) is 12.1 Å². The predicted molar refractivity (Wildman–Crippen MR) is 63.2 cm³/mol. The number of nitrogens with zero attached hydrogens (tertiary/aromatic N) is 2. The summed E-state index contributed by atoms with van der Waals surface area (Å²) >= 11 is 0. The Morgan fingerprint density at radius 1 is 1.33 bits per heavy atom. The van der Waals surface area contributed by atoms with E-state index in [0.29, 0.717) is 5.69 Å². The molecule has 1 fully saturated rings. The van der Waals surface area contributed by atoms with Gasteiger partial charge in [-0.25, -0.2) is 4.79 Å². The van der Waals surface area contributed by atoms with E-state index in [1.807, 2.05) is 0 Å². The van der Waals surface area contributed by atoms with E-state index in [0.717, 1.165) is 0 Å². The molecule has 0 unspecified atom stereocenters. The van der Waals surface area contributed by atoms with Crippen LogP contribution in [-0.4, -0.2) is 22.4 Å². The largest absolute Gasteiger partial charge is 0.329 e. The lowest BCUT2D eigenvalue weighted by Gasteiger charge is -2.27. The number of hydrogen-bond acceptors (Lipinski definition) is 4. The quantitative estimate of drug-likeness (QED) is 0.487. The minimum Gasteiger partial charge on any atom is -0.279 e. The van der Waals surface area contributed by atoms with Gasteiger partial charge < -0.3 is 0 Å². The van der Waals surface area contributed by atoms with Gasteiger partial charge in [-0.1, -0.05) is 6.07 Å². The van der Waals surface area contributed by atoms with Crippen LogP contribution >= 0.6 is 0 Å². The zero-order valence-corrected chi connectivity index (χ0v) is 9.84. The number of imide groups is 1. The molecule has 18 heavy (non-hydrogen) atoms. The van der Waals surface area contributed by atoms with Crippen LogP contribution in [0.2, 0.25) is 0 Å². The van der Waals surface area contributed by atoms with Gasteiger partial charge in [0.05, 0.1) is 10.6 Å². The van der Waals surface area contributed by atoms with E-state index in [1.54, 1.807) is 19.9 Å². The number of carbonyl (C=O) groups is 2. The van der Waals surface area contributed by atoms with Gasteiger partial charge in [-0.05, 0) is 19.9 Å². The Hall–Kier alpha value is -2.44. The van der Waals surface area contributed by atoms with E-state index in [-0.39, 0.29) is 5.69 Å². The number of nitro benzene ring substituents is 1. The van der Waals surface area contributed by atoms with Crippen molar-refractivity contribution in [2.75, 3.05) is 4.90 Å². The molecule has 0 radical (unpaired) electrons. The number of amides is 3. The standard InChI is InChI=1S/C11H11N3O4/c1-11(2)9(15)12-10(16)13(11)7-4-3-5-8(6-7)14(17)18/h3-6H,1-2H3,(H,12,15,16). The Morgan fingerprint density at radius 3 is 2.50 bits per heavy atom. The van der Waals surface area contributed by atoms with Crippen molar-refractivity contribution in [2.24, 2.45) is 0 Å². The van der Waals surface area contributed by atoms with Crippen molar-refractivity contribution in [3.63, 3.8) is 0 Å². The first-order chi connectivity index (χ1) is 8.34. The molecule has 0 bridgehead atoms. The summed E-state index contributed by atoms with van der Waals surface area (Å²) in [6, 6.07) is 5.03. The molecule has 2 rings (SSSR count). The van der Waals surface area contributed by atoms with Gasteiger partial charge in [-0.3, -0.25) is 25.1 Å². The van der Waals surface area contributed by atoms with Crippen LogP contribution in [0.3, 0.4) is 0 Å². The average molecular weight is 249 g/mol. The molecule has 1 aliphatic rings. The molecule has 0 aromatic heterocycles. The Kier molecular flexibility index (Phi) is 2.54. The second-order valence-electron chi connectivity index (χ2n) is 4.43. The smallest absolute Gasteiger partial charge is 0.279 e. The molecule has 1 N–H and O–H groups in total. The molecule has 1 heterocycles. The fraction of sp³-hybridized carbons (Fsp3) is 0.273. The normalized spacial score (nSPS) is 17.8. The second kappa shape index (κ2) is 3.80. The van der Waals surface area contributed by atoms with Crippen LogP contribution in [0.5, 0.6) is 0 Å². The molecule has 0 saturated carbocycles. The Labute approximate surface area is 103 Å². The lowest BCUT2D eigenvalue weighted by Crippen LogP contribution is -2.44. The molecule has 7 nitrogen and oxygen atoms in total. The first kappa shape index (κ1) is 12.0. The third-order valence-electron chi connectivity index (χ3n) is 2.84. The number of carbonyl (C=O) groups excluding carboxylic acids is 2. The van der Waals surface area contributed by atoms with E-state index in [1.165, 1.54) is 23.1 Å². The van der Waals surface area contributed by atoms with Crippen molar-refractivity contribution in [3.8, 4) is 0 Å². The molecule has 1 aromatic rings. The minimum absolute atomic E-state index is 0.129. The summed E-state index contributed by atoms with van der Waals surface area (Å²) in [6.45, 7) is 3.15. The van der Waals surface area contributed by atoms with E-state index in [4.69, 9.17) is 0 Å². The van der Waals surface area contributed by atoms with E-state index in [2.05, 4.69) is 5.32 Å². The van der Waals surface area contributed by atoms with Crippen LogP contribution < -0.4 is 10.2 Å². The predicted octanol–water partition coefficient (Wildman–Crippen LogP) is 1.43. The number of nitro groups is 1. The maximum atomic E-state index is 11.7. The van der Waals surface area contributed by atoms with Gasteiger partial charge in [0.1, 0.15) is 5.54 Å². The maximum Gasteiger partial charge on any atom is 0.329 e. The third kappa shape index (κ3) is 1.69. The van der Waals surface area contributed by atoms with Crippen molar-refractivity contribution >= 4 is 23.3 Å². The van der Waals surface area contributed by atoms with E-state index < -0.39 is 22.4 Å². The summed E-state index contributed by atoms with van der Waals surface area (Å²) in [6.07, 6.45) is 0. The van der Waals surface area contributed by atoms with Crippen LogP contribution in [0.1, 0.15) is 13.8 Å². The number of benzene rings is 1. The van der Waals surface area contributed by atoms with Crippen LogP contribution in [0, 0.1) is 10.1 Å². The van der Waals surface area contributed by atoms with Crippen molar-refractivity contribution in [2.45, 2.75) is 19.4 Å². The van der Waals surface area contributed by atoms with Crippen LogP contribution in [-0.2, 0) is 4.79 Å². The molecular formula is C11H11N3O4. The van der Waals surface area contributed by atoms with Gasteiger partial charge in [-0.15, -0.1) is 0 Å². The molecular weight excluding hydrogens is 238 g/mol. The Bertz CT molecular complexity index is 553. The lowest BCUT2D eigenvalue weighted by molar-refractivity contribution is -0.384. The second-order valence-corrected chi connectivity index (χ2v) is 4.43. The lowest BCUT2D eigenvalue weighted by atomic mass is 10.0. The number of urea groups is 1. The first-order valence-electron chi connectivity index (χ1n) is 5.24. The first-order valence-corrected chi connectivity index (χ1v) is 5.24. The molecule has 7 heteroatoms. The zero-order valence-electron chi connectivity index (χ0n) is 9.84. The van der Waals surface area contributed by atoms with Crippen molar-refractivity contribution in [3.05, 3.63) is 34.4 Å². The molecule has 1 aromatic carbocycles. The average Bonchev–Trinajstić information content (AvgIpc) is 2.48. The summed E-state index contributed by atoms with van der Waals surface area (Å²) < 4.78 is 0. The highest BCUT2D eigenvalue weighted by molar-refractivity contribution is 6.16. The summed E-state index contributed by atoms with van der Waals surface area (Å²) in [5, 5.41) is 12.9. The minimum atomic E-state index is -1.06. The summed E-state index contributed by atoms with van der Waals surface area (Å²) in [5.41, 5.74) is -0.875. The maximum absolute atomic E-state index is 11.7. The van der Waals surface area contributed by atoms with Crippen molar-refractivity contribution in [1.82, 2.24) is 5.32 Å². The van der Waals surface area contributed by atoms with Crippen LogP contribution in [0.25, 0.3) is 0 Å². The summed E-state index contributed by atoms with van der Waals surface area (Å²) in [7, 11) is 0. The highest BCUT2D eigenvalue weighted by Gasteiger charge is 2.46. The summed E-state index contributed by atoms with van der Waals surface area (Å²) in [4.78, 5) is 34.7. The number of hydrogen-bond donors (Lipinski definition) is 1. The van der Waals surface area contributed by atoms with E-state index in [9.17, 15) is 19.7 Å². The zero-order chi connectivity index (χ0) is 13.5. The Balaban J connectivity index is 2.48. The monoisotopic (exact) mass is 249 g/mol. The fourth-order valence-corrected chi connectivity index (χ4v) is 1.85. The van der Waals surface area contributed by atoms with E-state index >= 15 is 0 Å². The molecule has 1 saturated heterocycles. The molecule has 1 aliphatic heterocycles. The van der Waals surface area contributed by atoms with Crippen molar-refractivity contribution < 1.29 is 14.5 Å². The molecule has 3 amide bonds. The van der Waals surface area contributed by atoms with Crippen LogP contribution in [0.15, 0.2) is 24.3 Å². The topological polar surface area (TPSA) is 92.6 Å². The highest BCUT2D eigenvalue weighted by Crippen LogP contribution is 2.30. The molecule has 94 valence electrons. The van der Waals surface area contributed by atoms with Gasteiger partial charge in [-0.2, -0.15) is 0 Å². The fourth-order valence-electron chi connectivity index (χ4n) is 1.85. The highest BCUT2D eigenvalue weighted by atomic mass is 16.6. The molecule has 0 atom stereocenters. The van der Waals surface area contributed by atoms with Gasteiger partial charge >= 0.3 is 6.03 Å². The van der Waals surface area contributed by atoms with Crippen LogP contribution in [0.4, 0.5) is 16.2 Å². The van der Waals surface area contributed by atoms with Gasteiger partial charge in [0.25, 0.3) is 11.6 Å². The number of nitrogens with one attached hydrogen (secondary N) is 1. The number of non-ortho nitro benzene ring substituents is 1. The van der Waals surface area contributed by atoms with Crippen molar-refractivity contribution in [1.29, 1.82) is 0 Å².